The van der Waals surface area contributed by atoms with Gasteiger partial charge in [0, 0.05) is 36.2 Å². The Morgan fingerprint density at radius 1 is 1.00 bits per heavy atom. The van der Waals surface area contributed by atoms with Gasteiger partial charge in [0.15, 0.2) is 0 Å². The van der Waals surface area contributed by atoms with Gasteiger partial charge in [0.2, 0.25) is 5.96 Å². The van der Waals surface area contributed by atoms with Crippen molar-refractivity contribution in [2.24, 2.45) is 4.99 Å². The van der Waals surface area contributed by atoms with Crippen LogP contribution in [0.5, 0.6) is 0 Å². The average Bonchev–Trinajstić information content (AvgIpc) is 3.18. The molecular weight excluding hydrogens is 444 g/mol. The molecule has 0 aliphatic carbocycles. The van der Waals surface area contributed by atoms with Crippen molar-refractivity contribution in [1.29, 1.82) is 0 Å². The highest BCUT2D eigenvalue weighted by atomic mass is 16.2. The van der Waals surface area contributed by atoms with E-state index in [1.54, 1.807) is 0 Å². The summed E-state index contributed by atoms with van der Waals surface area (Å²) >= 11 is 0. The average molecular weight is 479 g/mol. The minimum Gasteiger partial charge on any atom is -0.369 e. The number of para-hydroxylation sites is 2. The zero-order valence-corrected chi connectivity index (χ0v) is 21.8. The fourth-order valence-corrected chi connectivity index (χ4v) is 5.43. The molecule has 2 aliphatic heterocycles. The first-order valence-corrected chi connectivity index (χ1v) is 12.7. The maximum Gasteiger partial charge on any atom is 0.296 e. The van der Waals surface area contributed by atoms with Crippen LogP contribution in [0.3, 0.4) is 0 Å². The quantitative estimate of drug-likeness (QED) is 0.386. The van der Waals surface area contributed by atoms with E-state index in [1.165, 1.54) is 11.3 Å². The molecule has 0 radical (unpaired) electrons. The monoisotopic (exact) mass is 478 g/mol. The van der Waals surface area contributed by atoms with Gasteiger partial charge in [-0.3, -0.25) is 9.69 Å². The predicted molar refractivity (Wildman–Crippen MR) is 150 cm³/mol. The lowest BCUT2D eigenvalue weighted by Crippen LogP contribution is -2.45. The van der Waals surface area contributed by atoms with Gasteiger partial charge in [0.25, 0.3) is 5.91 Å². The molecule has 0 spiro atoms. The molecule has 0 saturated heterocycles. The third kappa shape index (κ3) is 4.19. The van der Waals surface area contributed by atoms with Crippen LogP contribution in [0, 0.1) is 0 Å². The lowest BCUT2D eigenvalue weighted by atomic mass is 9.80. The highest BCUT2D eigenvalue weighted by Gasteiger charge is 2.35. The van der Waals surface area contributed by atoms with Gasteiger partial charge in [-0.1, -0.05) is 49.4 Å². The summed E-state index contributed by atoms with van der Waals surface area (Å²) < 4.78 is 0. The molecule has 2 heterocycles. The van der Waals surface area contributed by atoms with Crippen molar-refractivity contribution in [2.45, 2.75) is 45.6 Å². The summed E-state index contributed by atoms with van der Waals surface area (Å²) in [6.45, 7) is 9.57. The first kappa shape index (κ1) is 23.9. The van der Waals surface area contributed by atoms with Gasteiger partial charge >= 0.3 is 0 Å². The second-order valence-electron chi connectivity index (χ2n) is 10.3. The first-order valence-electron chi connectivity index (χ1n) is 12.7. The summed E-state index contributed by atoms with van der Waals surface area (Å²) in [5, 5.41) is 0. The number of aliphatic imine (C=N–C) groups is 1. The Morgan fingerprint density at radius 2 is 1.61 bits per heavy atom. The second kappa shape index (κ2) is 9.30. The molecule has 0 aromatic heterocycles. The highest BCUT2D eigenvalue weighted by molar-refractivity contribution is 6.19. The van der Waals surface area contributed by atoms with Crippen LogP contribution < -0.4 is 9.80 Å². The Bertz CT molecular complexity index is 1290. The minimum absolute atomic E-state index is 0.119. The van der Waals surface area contributed by atoms with E-state index in [2.05, 4.69) is 62.8 Å². The molecule has 5 rings (SSSR count). The maximum absolute atomic E-state index is 13.3. The number of carbonyl (C=O) groups excluding carboxylic acids is 1. The van der Waals surface area contributed by atoms with Crippen molar-refractivity contribution in [1.82, 2.24) is 4.90 Å². The molecule has 1 amide bonds. The van der Waals surface area contributed by atoms with E-state index in [-0.39, 0.29) is 11.4 Å². The zero-order chi connectivity index (χ0) is 25.4. The van der Waals surface area contributed by atoms with Crippen LogP contribution in [0.25, 0.3) is 6.08 Å². The molecule has 0 bridgehead atoms. The number of guanidine groups is 1. The third-order valence-electron chi connectivity index (χ3n) is 7.46. The maximum atomic E-state index is 13.3. The summed E-state index contributed by atoms with van der Waals surface area (Å²) in [4.78, 5) is 24.3. The van der Waals surface area contributed by atoms with Gasteiger partial charge < -0.3 is 9.80 Å². The Kier molecular flexibility index (Phi) is 6.17. The predicted octanol–water partition coefficient (Wildman–Crippen LogP) is 6.81. The lowest BCUT2D eigenvalue weighted by Gasteiger charge is -2.45. The number of nitrogens with zero attached hydrogens (tertiary/aromatic N) is 4. The number of fused-ring (bicyclic) bond motifs is 1. The fraction of sp³-hybridized carbons (Fsp3) is 0.290. The van der Waals surface area contributed by atoms with Crippen molar-refractivity contribution in [2.75, 3.05) is 23.4 Å². The molecule has 3 aromatic carbocycles. The molecule has 3 aromatic rings. The van der Waals surface area contributed by atoms with Gasteiger partial charge in [-0.05, 0) is 86.7 Å². The van der Waals surface area contributed by atoms with Crippen LogP contribution in [-0.2, 0) is 4.79 Å². The van der Waals surface area contributed by atoms with E-state index in [1.807, 2.05) is 76.5 Å². The number of anilines is 3. The molecule has 0 fully saturated rings. The Hall–Kier alpha value is -3.86. The fourth-order valence-electron chi connectivity index (χ4n) is 5.43. The number of hydrogen-bond acceptors (Lipinski definition) is 4. The largest absolute Gasteiger partial charge is 0.369 e. The van der Waals surface area contributed by atoms with Crippen molar-refractivity contribution >= 4 is 35.0 Å². The minimum atomic E-state index is -0.215. The van der Waals surface area contributed by atoms with E-state index in [4.69, 9.17) is 0 Å². The van der Waals surface area contributed by atoms with Gasteiger partial charge in [-0.2, -0.15) is 4.99 Å². The van der Waals surface area contributed by atoms with E-state index in [9.17, 15) is 4.79 Å². The summed E-state index contributed by atoms with van der Waals surface area (Å²) in [5.74, 6) is 0.858. The summed E-state index contributed by atoms with van der Waals surface area (Å²) in [6, 6.07) is 26.7. The van der Waals surface area contributed by atoms with Gasteiger partial charge in [0.1, 0.15) is 5.70 Å². The van der Waals surface area contributed by atoms with E-state index < -0.39 is 0 Å². The van der Waals surface area contributed by atoms with Gasteiger partial charge in [-0.15, -0.1) is 0 Å². The van der Waals surface area contributed by atoms with Gasteiger partial charge in [0.05, 0.1) is 0 Å². The normalized spacial score (nSPS) is 19.9. The molecule has 2 aliphatic rings. The van der Waals surface area contributed by atoms with Crippen LogP contribution >= 0.6 is 0 Å². The Balaban J connectivity index is 1.54. The van der Waals surface area contributed by atoms with Crippen molar-refractivity contribution in [3.8, 4) is 0 Å². The molecular formula is C31H34N4O. The zero-order valence-electron chi connectivity index (χ0n) is 21.8. The summed E-state index contributed by atoms with van der Waals surface area (Å²) in [6.07, 6.45) is 3.08. The standard InChI is InChI=1S/C31H34N4O/c1-6-34-28(20-23-17-18-27-26(19-23)22(2)21-31(3,4)33(27)5)29(36)32-30(34)35(24-13-9-7-10-14-24)25-15-11-8-12-16-25/h7-20,22H,6,21H2,1-5H3. The van der Waals surface area contributed by atoms with Crippen molar-refractivity contribution in [3.63, 3.8) is 0 Å². The number of benzene rings is 3. The topological polar surface area (TPSA) is 39.1 Å². The molecule has 5 nitrogen and oxygen atoms in total. The lowest BCUT2D eigenvalue weighted by molar-refractivity contribution is -0.114. The van der Waals surface area contributed by atoms with E-state index >= 15 is 0 Å². The number of rotatable bonds is 4. The van der Waals surface area contributed by atoms with Crippen LogP contribution in [-0.4, -0.2) is 35.9 Å². The third-order valence-corrected chi connectivity index (χ3v) is 7.46. The smallest absolute Gasteiger partial charge is 0.296 e. The Morgan fingerprint density at radius 3 is 2.19 bits per heavy atom. The molecule has 1 atom stereocenters. The second-order valence-corrected chi connectivity index (χ2v) is 10.3. The molecule has 36 heavy (non-hydrogen) atoms. The molecule has 5 heteroatoms. The molecule has 184 valence electrons. The number of hydrogen-bond donors (Lipinski definition) is 0. The molecule has 0 saturated carbocycles. The summed E-state index contributed by atoms with van der Waals surface area (Å²) in [7, 11) is 2.17. The number of likely N-dealkylation sites (N-methyl/N-ethyl adjacent to an activating group) is 1. The van der Waals surface area contributed by atoms with E-state index in [0.29, 0.717) is 24.1 Å². The Labute approximate surface area is 214 Å². The van der Waals surface area contributed by atoms with Crippen molar-refractivity contribution < 1.29 is 4.79 Å². The highest BCUT2D eigenvalue weighted by Crippen LogP contribution is 2.43. The molecule has 0 N–H and O–H groups in total. The first-order chi connectivity index (χ1) is 17.3. The molecule has 1 unspecified atom stereocenters. The van der Waals surface area contributed by atoms with Crippen molar-refractivity contribution in [3.05, 3.63) is 95.7 Å². The van der Waals surface area contributed by atoms with Crippen LogP contribution in [0.1, 0.15) is 51.2 Å². The summed E-state index contributed by atoms with van der Waals surface area (Å²) in [5.41, 5.74) is 6.26. The SMILES string of the molecule is CCN1C(=Cc2ccc3c(c2)C(C)CC(C)(C)N3C)C(=O)N=C1N(c1ccccc1)c1ccccc1. The van der Waals surface area contributed by atoms with Gasteiger partial charge in [-0.25, -0.2) is 0 Å². The number of carbonyl (C=O) groups is 1. The van der Waals surface area contributed by atoms with Crippen LogP contribution in [0.15, 0.2) is 89.6 Å². The van der Waals surface area contributed by atoms with Crippen LogP contribution in [0.4, 0.5) is 17.1 Å². The number of amides is 1. The van der Waals surface area contributed by atoms with E-state index in [0.717, 1.165) is 23.4 Å². The van der Waals surface area contributed by atoms with Crippen LogP contribution in [0.2, 0.25) is 0 Å².